The first-order chi connectivity index (χ1) is 21.3. The molecule has 4 heterocycles. The molecule has 1 atom stereocenters. The lowest BCUT2D eigenvalue weighted by Crippen LogP contribution is -2.48. The summed E-state index contributed by atoms with van der Waals surface area (Å²) in [5.74, 6) is 0.318. The molecule has 5 aromatic rings. The third-order valence-electron chi connectivity index (χ3n) is 8.34. The van der Waals surface area contributed by atoms with Crippen LogP contribution < -0.4 is 21.1 Å². The molecule has 0 spiro atoms. The highest BCUT2D eigenvalue weighted by Crippen LogP contribution is 2.41. The number of carbonyl (C=O) groups is 3. The number of amides is 3. The minimum Gasteiger partial charge on any atom is -0.495 e. The average molecular weight is 611 g/mol. The first-order valence-corrected chi connectivity index (χ1v) is 15.4. The van der Waals surface area contributed by atoms with Crippen LogP contribution in [0.25, 0.3) is 32.1 Å². The number of fused-ring (bicyclic) bond motifs is 2. The topological polar surface area (TPSA) is 132 Å². The van der Waals surface area contributed by atoms with Gasteiger partial charge in [-0.25, -0.2) is 4.98 Å². The van der Waals surface area contributed by atoms with Gasteiger partial charge in [0, 0.05) is 61.2 Å². The van der Waals surface area contributed by atoms with E-state index in [2.05, 4.69) is 15.6 Å². The number of aryl methyl sites for hydroxylation is 1. The smallest absolute Gasteiger partial charge is 0.272 e. The van der Waals surface area contributed by atoms with E-state index < -0.39 is 0 Å². The number of thiophene rings is 1. The van der Waals surface area contributed by atoms with Crippen LogP contribution in [0, 0.1) is 0 Å². The molecule has 0 saturated carbocycles. The normalized spacial score (nSPS) is 15.0. The van der Waals surface area contributed by atoms with Crippen LogP contribution in [0.2, 0.25) is 0 Å². The molecular weight excluding hydrogens is 576 g/mol. The number of carbonyl (C=O) groups excluding carboxylic acids is 3. The Bertz CT molecular complexity index is 1910. The predicted molar refractivity (Wildman–Crippen MR) is 174 cm³/mol. The Kier molecular flexibility index (Phi) is 7.96. The maximum Gasteiger partial charge on any atom is 0.272 e. The molecule has 1 aliphatic rings. The van der Waals surface area contributed by atoms with E-state index in [4.69, 9.17) is 10.5 Å². The van der Waals surface area contributed by atoms with Crippen molar-refractivity contribution in [3.8, 4) is 16.9 Å². The SMILES string of the molecule is COc1cc(-c2csc3c(C(=O)NCC4CCCCN4C(C)=O)cnc(N)c23)ccc1NC(=O)c1cc2ccccc2n1C. The predicted octanol–water partition coefficient (Wildman–Crippen LogP) is 5.43. The standard InChI is InChI=1S/C33H34N6O4S/c1-19(40)39-13-7-6-9-22(39)16-36-32(41)23-17-35-31(34)29-24(18-44-30(23)29)20-11-12-25(28(15-20)43-3)37-33(42)27-14-21-8-4-5-10-26(21)38(27)2/h4-5,8,10-12,14-15,17-18,22H,6-7,9,13,16H2,1-3H3,(H2,34,35)(H,36,41)(H,37,42). The monoisotopic (exact) mass is 610 g/mol. The van der Waals surface area contributed by atoms with E-state index in [9.17, 15) is 14.4 Å². The lowest BCUT2D eigenvalue weighted by atomic mass is 10.0. The van der Waals surface area contributed by atoms with Crippen LogP contribution in [0.3, 0.4) is 0 Å². The zero-order valence-corrected chi connectivity index (χ0v) is 25.7. The molecule has 44 heavy (non-hydrogen) atoms. The number of hydrogen-bond acceptors (Lipinski definition) is 7. The number of nitrogens with two attached hydrogens (primary N) is 1. The van der Waals surface area contributed by atoms with E-state index in [1.807, 2.05) is 64.4 Å². The second kappa shape index (κ2) is 12.0. The maximum absolute atomic E-state index is 13.3. The summed E-state index contributed by atoms with van der Waals surface area (Å²) in [6.07, 6.45) is 4.37. The van der Waals surface area contributed by atoms with Gasteiger partial charge < -0.3 is 30.6 Å². The summed E-state index contributed by atoms with van der Waals surface area (Å²) in [6.45, 7) is 2.67. The quantitative estimate of drug-likeness (QED) is 0.225. The highest BCUT2D eigenvalue weighted by molar-refractivity contribution is 7.18. The van der Waals surface area contributed by atoms with Gasteiger partial charge in [-0.1, -0.05) is 24.3 Å². The van der Waals surface area contributed by atoms with Gasteiger partial charge in [0.2, 0.25) is 5.91 Å². The van der Waals surface area contributed by atoms with Gasteiger partial charge in [-0.05, 0) is 54.5 Å². The zero-order valence-electron chi connectivity index (χ0n) is 24.8. The van der Waals surface area contributed by atoms with Crippen molar-refractivity contribution < 1.29 is 19.1 Å². The molecule has 0 radical (unpaired) electrons. The first kappa shape index (κ1) is 29.2. The number of benzene rings is 2. The number of aromatic nitrogens is 2. The summed E-state index contributed by atoms with van der Waals surface area (Å²) in [7, 11) is 3.41. The number of nitrogens with zero attached hydrogens (tertiary/aromatic N) is 3. The van der Waals surface area contributed by atoms with Crippen molar-refractivity contribution in [3.63, 3.8) is 0 Å². The number of piperidine rings is 1. The molecule has 0 bridgehead atoms. The molecule has 6 rings (SSSR count). The molecule has 1 saturated heterocycles. The summed E-state index contributed by atoms with van der Waals surface area (Å²) in [4.78, 5) is 44.8. The number of ether oxygens (including phenoxy) is 1. The van der Waals surface area contributed by atoms with Crippen molar-refractivity contribution in [1.29, 1.82) is 0 Å². The Morgan fingerprint density at radius 2 is 1.93 bits per heavy atom. The van der Waals surface area contributed by atoms with Crippen LogP contribution in [0.4, 0.5) is 11.5 Å². The van der Waals surface area contributed by atoms with Crippen molar-refractivity contribution >= 4 is 61.6 Å². The highest BCUT2D eigenvalue weighted by Gasteiger charge is 2.26. The van der Waals surface area contributed by atoms with Gasteiger partial charge in [0.05, 0.1) is 23.1 Å². The Labute approximate surface area is 258 Å². The van der Waals surface area contributed by atoms with Crippen LogP contribution in [0.5, 0.6) is 5.75 Å². The molecule has 3 aromatic heterocycles. The highest BCUT2D eigenvalue weighted by atomic mass is 32.1. The van der Waals surface area contributed by atoms with Gasteiger partial charge in [0.15, 0.2) is 0 Å². The van der Waals surface area contributed by atoms with E-state index in [1.165, 1.54) is 17.5 Å². The number of nitrogens with one attached hydrogen (secondary N) is 2. The Morgan fingerprint density at radius 3 is 2.70 bits per heavy atom. The first-order valence-electron chi connectivity index (χ1n) is 14.5. The number of likely N-dealkylation sites (tertiary alicyclic amines) is 1. The minimum atomic E-state index is -0.256. The fraction of sp³-hybridized carbons (Fsp3) is 0.273. The number of pyridine rings is 1. The van der Waals surface area contributed by atoms with Crippen LogP contribution in [0.15, 0.2) is 60.1 Å². The number of nitrogen functional groups attached to an aromatic ring is 1. The summed E-state index contributed by atoms with van der Waals surface area (Å²) < 4.78 is 8.26. The molecule has 226 valence electrons. The van der Waals surface area contributed by atoms with Gasteiger partial charge >= 0.3 is 0 Å². The zero-order chi connectivity index (χ0) is 31.0. The maximum atomic E-state index is 13.3. The molecule has 1 unspecified atom stereocenters. The van der Waals surface area contributed by atoms with Crippen molar-refractivity contribution in [1.82, 2.24) is 19.8 Å². The van der Waals surface area contributed by atoms with Gasteiger partial charge in [-0.2, -0.15) is 0 Å². The molecule has 1 fully saturated rings. The Hall–Kier alpha value is -4.90. The second-order valence-electron chi connectivity index (χ2n) is 11.0. The Balaban J connectivity index is 1.25. The molecule has 2 aromatic carbocycles. The third kappa shape index (κ3) is 5.35. The van der Waals surface area contributed by atoms with E-state index in [0.717, 1.165) is 46.0 Å². The molecule has 3 amide bonds. The largest absolute Gasteiger partial charge is 0.495 e. The van der Waals surface area contributed by atoms with Crippen LogP contribution in [-0.4, -0.2) is 58.4 Å². The van der Waals surface area contributed by atoms with E-state index in [1.54, 1.807) is 20.1 Å². The summed E-state index contributed by atoms with van der Waals surface area (Å²) in [6, 6.07) is 15.2. The van der Waals surface area contributed by atoms with Crippen LogP contribution in [0.1, 0.15) is 47.0 Å². The van der Waals surface area contributed by atoms with E-state index in [0.29, 0.717) is 47.0 Å². The molecule has 1 aliphatic heterocycles. The van der Waals surface area contributed by atoms with Crippen molar-refractivity contribution in [2.24, 2.45) is 7.05 Å². The number of anilines is 2. The summed E-state index contributed by atoms with van der Waals surface area (Å²) >= 11 is 1.42. The van der Waals surface area contributed by atoms with Crippen LogP contribution >= 0.6 is 11.3 Å². The van der Waals surface area contributed by atoms with Gasteiger partial charge in [-0.3, -0.25) is 14.4 Å². The van der Waals surface area contributed by atoms with Crippen LogP contribution in [-0.2, 0) is 11.8 Å². The fourth-order valence-electron chi connectivity index (χ4n) is 6.03. The van der Waals surface area contributed by atoms with Crippen molar-refractivity contribution in [3.05, 3.63) is 71.4 Å². The second-order valence-corrected chi connectivity index (χ2v) is 11.9. The molecular formula is C33H34N6O4S. The molecule has 11 heteroatoms. The molecule has 10 nitrogen and oxygen atoms in total. The van der Waals surface area contributed by atoms with Gasteiger partial charge in [0.25, 0.3) is 11.8 Å². The van der Waals surface area contributed by atoms with Crippen molar-refractivity contribution in [2.45, 2.75) is 32.2 Å². The number of methoxy groups -OCH3 is 1. The average Bonchev–Trinajstić information content (AvgIpc) is 3.63. The lowest BCUT2D eigenvalue weighted by Gasteiger charge is -2.35. The third-order valence-corrected chi connectivity index (χ3v) is 9.36. The summed E-state index contributed by atoms with van der Waals surface area (Å²) in [5.41, 5.74) is 10.4. The van der Waals surface area contributed by atoms with E-state index in [-0.39, 0.29) is 23.8 Å². The number of hydrogen-bond donors (Lipinski definition) is 3. The van der Waals surface area contributed by atoms with Gasteiger partial charge in [-0.15, -0.1) is 11.3 Å². The minimum absolute atomic E-state index is 0.0199. The summed E-state index contributed by atoms with van der Waals surface area (Å²) in [5, 5.41) is 9.60. The van der Waals surface area contributed by atoms with E-state index >= 15 is 0 Å². The van der Waals surface area contributed by atoms with Gasteiger partial charge in [0.1, 0.15) is 17.3 Å². The van der Waals surface area contributed by atoms with Crippen molar-refractivity contribution in [2.75, 3.05) is 31.2 Å². The Morgan fingerprint density at radius 1 is 1.11 bits per heavy atom. The number of rotatable bonds is 7. The fourth-order valence-corrected chi connectivity index (χ4v) is 7.12. The molecule has 0 aliphatic carbocycles. The lowest BCUT2D eigenvalue weighted by molar-refractivity contribution is -0.132. The number of para-hydroxylation sites is 1. The molecule has 4 N–H and O–H groups in total.